The monoisotopic (exact) mass is 265 g/mol. The minimum absolute atomic E-state index is 0.181. The summed E-state index contributed by atoms with van der Waals surface area (Å²) in [5.74, 6) is 0.529. The Bertz CT molecular complexity index is 801. The topological polar surface area (TPSA) is 49.6 Å². The molecule has 0 unspecified atom stereocenters. The van der Waals surface area contributed by atoms with E-state index in [9.17, 15) is 0 Å². The van der Waals surface area contributed by atoms with Crippen molar-refractivity contribution in [3.05, 3.63) is 59.4 Å². The molecule has 3 nitrogen and oxygen atoms in total. The average molecular weight is 266 g/mol. The molecule has 90 valence electrons. The molecule has 0 spiro atoms. The first kappa shape index (κ1) is 11.6. The van der Waals surface area contributed by atoms with Gasteiger partial charge in [0.1, 0.15) is 11.6 Å². The first-order valence-corrected chi connectivity index (χ1v) is 6.08. The van der Waals surface area contributed by atoms with Crippen LogP contribution in [-0.2, 0) is 0 Å². The number of fused-ring (bicyclic) bond motifs is 1. The van der Waals surface area contributed by atoms with Crippen LogP contribution in [0.2, 0.25) is 5.15 Å². The van der Waals surface area contributed by atoms with Gasteiger partial charge in [0, 0.05) is 5.56 Å². The Kier molecular flexibility index (Phi) is 2.86. The van der Waals surface area contributed by atoms with Gasteiger partial charge < -0.3 is 0 Å². The number of aromatic nitrogens is 2. The van der Waals surface area contributed by atoms with Gasteiger partial charge in [-0.15, -0.1) is 0 Å². The van der Waals surface area contributed by atoms with Crippen molar-refractivity contribution in [2.75, 3.05) is 0 Å². The smallest absolute Gasteiger partial charge is 0.161 e. The summed E-state index contributed by atoms with van der Waals surface area (Å²) in [6, 6.07) is 15.9. The van der Waals surface area contributed by atoms with E-state index in [1.54, 1.807) is 0 Å². The molecular formula is C15H8ClN3. The van der Waals surface area contributed by atoms with Crippen molar-refractivity contribution >= 4 is 22.4 Å². The molecule has 0 aliphatic carbocycles. The minimum Gasteiger partial charge on any atom is -0.235 e. The highest BCUT2D eigenvalue weighted by atomic mass is 35.5. The van der Waals surface area contributed by atoms with Gasteiger partial charge in [-0.1, -0.05) is 54.1 Å². The van der Waals surface area contributed by atoms with E-state index in [1.165, 1.54) is 6.20 Å². The molecule has 3 rings (SSSR count). The second kappa shape index (κ2) is 4.68. The highest BCUT2D eigenvalue weighted by molar-refractivity contribution is 6.30. The van der Waals surface area contributed by atoms with Crippen LogP contribution in [0.5, 0.6) is 0 Å². The van der Waals surface area contributed by atoms with Gasteiger partial charge in [-0.25, -0.2) is 9.97 Å². The van der Waals surface area contributed by atoms with Crippen LogP contribution in [0.4, 0.5) is 0 Å². The van der Waals surface area contributed by atoms with Crippen molar-refractivity contribution in [3.8, 4) is 17.5 Å². The second-order valence-electron chi connectivity index (χ2n) is 4.04. The van der Waals surface area contributed by atoms with E-state index in [0.29, 0.717) is 5.82 Å². The number of nitriles is 1. The van der Waals surface area contributed by atoms with Crippen molar-refractivity contribution in [1.29, 1.82) is 5.26 Å². The summed E-state index contributed by atoms with van der Waals surface area (Å²) >= 11 is 5.96. The summed E-state index contributed by atoms with van der Waals surface area (Å²) in [6.45, 7) is 0. The lowest BCUT2D eigenvalue weighted by molar-refractivity contribution is 1.16. The summed E-state index contributed by atoms with van der Waals surface area (Å²) in [5.41, 5.74) is 1.19. The zero-order chi connectivity index (χ0) is 13.2. The Hall–Kier alpha value is -2.44. The quantitative estimate of drug-likeness (QED) is 0.629. The van der Waals surface area contributed by atoms with E-state index >= 15 is 0 Å². The predicted molar refractivity (Wildman–Crippen MR) is 74.7 cm³/mol. The molecule has 0 saturated carbocycles. The van der Waals surface area contributed by atoms with Gasteiger partial charge in [0.05, 0.1) is 6.20 Å². The molecular weight excluding hydrogens is 258 g/mol. The van der Waals surface area contributed by atoms with E-state index in [1.807, 2.05) is 48.5 Å². The Morgan fingerprint density at radius 3 is 2.63 bits per heavy atom. The molecule has 0 fully saturated rings. The third-order valence-corrected chi connectivity index (χ3v) is 3.18. The van der Waals surface area contributed by atoms with Crippen molar-refractivity contribution in [1.82, 2.24) is 9.97 Å². The molecule has 1 heterocycles. The summed E-state index contributed by atoms with van der Waals surface area (Å²) in [7, 11) is 0. The number of halogens is 1. The zero-order valence-corrected chi connectivity index (χ0v) is 10.6. The van der Waals surface area contributed by atoms with E-state index in [-0.39, 0.29) is 10.7 Å². The Morgan fingerprint density at radius 1 is 1.05 bits per heavy atom. The normalized spacial score (nSPS) is 10.3. The van der Waals surface area contributed by atoms with Gasteiger partial charge in [0.25, 0.3) is 0 Å². The molecule has 2 aromatic carbocycles. The van der Waals surface area contributed by atoms with Crippen LogP contribution in [0.25, 0.3) is 22.2 Å². The van der Waals surface area contributed by atoms with Crippen LogP contribution in [0.15, 0.2) is 48.7 Å². The lowest BCUT2D eigenvalue weighted by Crippen LogP contribution is -1.93. The first-order chi connectivity index (χ1) is 9.29. The summed E-state index contributed by atoms with van der Waals surface area (Å²) < 4.78 is 0. The van der Waals surface area contributed by atoms with Gasteiger partial charge >= 0.3 is 0 Å². The van der Waals surface area contributed by atoms with Crippen LogP contribution in [0, 0.1) is 11.3 Å². The van der Waals surface area contributed by atoms with Crippen molar-refractivity contribution in [3.63, 3.8) is 0 Å². The maximum atomic E-state index is 8.84. The van der Waals surface area contributed by atoms with E-state index < -0.39 is 0 Å². The van der Waals surface area contributed by atoms with Crippen LogP contribution >= 0.6 is 11.6 Å². The molecule has 0 radical (unpaired) electrons. The lowest BCUT2D eigenvalue weighted by Gasteiger charge is -2.05. The fourth-order valence-electron chi connectivity index (χ4n) is 1.99. The summed E-state index contributed by atoms with van der Waals surface area (Å²) in [4.78, 5) is 8.41. The van der Waals surface area contributed by atoms with Crippen LogP contribution in [0.1, 0.15) is 5.56 Å². The van der Waals surface area contributed by atoms with Gasteiger partial charge in [-0.05, 0) is 10.8 Å². The average Bonchev–Trinajstić information content (AvgIpc) is 2.46. The Labute approximate surface area is 115 Å². The molecule has 4 heteroatoms. The van der Waals surface area contributed by atoms with Gasteiger partial charge in [-0.3, -0.25) is 0 Å². The fraction of sp³-hybridized carbons (Fsp3) is 0. The third kappa shape index (κ3) is 2.03. The minimum atomic E-state index is 0.181. The van der Waals surface area contributed by atoms with Gasteiger partial charge in [0.2, 0.25) is 0 Å². The molecule has 0 bridgehead atoms. The highest BCUT2D eigenvalue weighted by Gasteiger charge is 2.09. The maximum Gasteiger partial charge on any atom is 0.161 e. The molecule has 0 amide bonds. The van der Waals surface area contributed by atoms with Crippen molar-refractivity contribution < 1.29 is 0 Å². The molecule has 3 aromatic rings. The Balaban J connectivity index is 2.25. The molecule has 0 saturated heterocycles. The first-order valence-electron chi connectivity index (χ1n) is 5.70. The SMILES string of the molecule is N#Cc1cnc(-c2cccc3ccccc23)nc1Cl. The van der Waals surface area contributed by atoms with Crippen LogP contribution in [-0.4, -0.2) is 9.97 Å². The number of hydrogen-bond donors (Lipinski definition) is 0. The lowest BCUT2D eigenvalue weighted by atomic mass is 10.0. The predicted octanol–water partition coefficient (Wildman–Crippen LogP) is 3.82. The van der Waals surface area contributed by atoms with Gasteiger partial charge in [0.15, 0.2) is 11.0 Å². The number of rotatable bonds is 1. The summed E-state index contributed by atoms with van der Waals surface area (Å²) in [6.07, 6.45) is 1.45. The number of hydrogen-bond acceptors (Lipinski definition) is 3. The zero-order valence-electron chi connectivity index (χ0n) is 9.84. The fourth-order valence-corrected chi connectivity index (χ4v) is 2.16. The standard InChI is InChI=1S/C15H8ClN3/c16-14-11(8-17)9-18-15(19-14)13-7-3-5-10-4-1-2-6-12(10)13/h1-7,9H. The van der Waals surface area contributed by atoms with E-state index in [2.05, 4.69) is 9.97 Å². The Morgan fingerprint density at radius 2 is 1.84 bits per heavy atom. The number of benzene rings is 2. The van der Waals surface area contributed by atoms with Crippen LogP contribution in [0.3, 0.4) is 0 Å². The van der Waals surface area contributed by atoms with E-state index in [4.69, 9.17) is 16.9 Å². The maximum absolute atomic E-state index is 8.84. The molecule has 0 N–H and O–H groups in total. The molecule has 0 aliphatic rings. The largest absolute Gasteiger partial charge is 0.235 e. The highest BCUT2D eigenvalue weighted by Crippen LogP contribution is 2.27. The van der Waals surface area contributed by atoms with Crippen molar-refractivity contribution in [2.45, 2.75) is 0 Å². The summed E-state index contributed by atoms with van der Waals surface area (Å²) in [5, 5.41) is 11.2. The molecule has 1 aromatic heterocycles. The molecule has 19 heavy (non-hydrogen) atoms. The third-order valence-electron chi connectivity index (χ3n) is 2.89. The second-order valence-corrected chi connectivity index (χ2v) is 4.39. The van der Waals surface area contributed by atoms with Gasteiger partial charge in [-0.2, -0.15) is 5.26 Å². The van der Waals surface area contributed by atoms with Crippen molar-refractivity contribution in [2.24, 2.45) is 0 Å². The molecule has 0 atom stereocenters. The number of nitrogens with zero attached hydrogens (tertiary/aromatic N) is 3. The molecule has 0 aliphatic heterocycles. The van der Waals surface area contributed by atoms with Crippen LogP contribution < -0.4 is 0 Å². The van der Waals surface area contributed by atoms with E-state index in [0.717, 1.165) is 16.3 Å².